The van der Waals surface area contributed by atoms with Gasteiger partial charge in [0.2, 0.25) is 0 Å². The summed E-state index contributed by atoms with van der Waals surface area (Å²) in [6.07, 6.45) is -0.0504. The second kappa shape index (κ2) is 9.94. The van der Waals surface area contributed by atoms with Gasteiger partial charge >= 0.3 is 12.2 Å². The fourth-order valence-electron chi connectivity index (χ4n) is 4.77. The largest absolute Gasteiger partial charge is 0.416 e. The van der Waals surface area contributed by atoms with E-state index in [0.717, 1.165) is 17.0 Å². The molecule has 2 heterocycles. The zero-order chi connectivity index (χ0) is 27.9. The van der Waals surface area contributed by atoms with Crippen LogP contribution in [0.1, 0.15) is 34.5 Å². The van der Waals surface area contributed by atoms with E-state index in [0.29, 0.717) is 22.4 Å². The zero-order valence-electron chi connectivity index (χ0n) is 20.7. The molecule has 1 unspecified atom stereocenters. The molecule has 0 aliphatic carbocycles. The monoisotopic (exact) mass is 532 g/mol. The Morgan fingerprint density at radius 2 is 1.74 bits per heavy atom. The number of rotatable bonds is 5. The van der Waals surface area contributed by atoms with Gasteiger partial charge in [-0.25, -0.2) is 4.79 Å². The van der Waals surface area contributed by atoms with Crippen molar-refractivity contribution >= 4 is 23.3 Å². The summed E-state index contributed by atoms with van der Waals surface area (Å²) < 4.78 is 40.4. The van der Waals surface area contributed by atoms with Crippen molar-refractivity contribution in [2.45, 2.75) is 18.4 Å². The molecule has 39 heavy (non-hydrogen) atoms. The van der Waals surface area contributed by atoms with Crippen LogP contribution in [0.5, 0.6) is 0 Å². The van der Waals surface area contributed by atoms with Gasteiger partial charge < -0.3 is 15.3 Å². The third-order valence-electron chi connectivity index (χ3n) is 6.76. The molecule has 2 aliphatic heterocycles. The first kappa shape index (κ1) is 26.0. The van der Waals surface area contributed by atoms with Gasteiger partial charge in [-0.15, -0.1) is 6.42 Å². The van der Waals surface area contributed by atoms with Crippen molar-refractivity contribution in [3.8, 4) is 12.3 Å². The van der Waals surface area contributed by atoms with Gasteiger partial charge in [-0.3, -0.25) is 15.0 Å². The summed E-state index contributed by atoms with van der Waals surface area (Å²) in [5, 5.41) is 15.5. The Hall–Kier alpha value is -4.59. The molecule has 10 heteroatoms. The van der Waals surface area contributed by atoms with Crippen molar-refractivity contribution in [2.24, 2.45) is 0 Å². The lowest BCUT2D eigenvalue weighted by Gasteiger charge is -2.33. The molecular formula is C29H23F3N4O3. The zero-order valence-corrected chi connectivity index (χ0v) is 20.7. The van der Waals surface area contributed by atoms with Crippen LogP contribution < -0.4 is 20.4 Å². The van der Waals surface area contributed by atoms with Gasteiger partial charge in [-0.1, -0.05) is 36.3 Å². The van der Waals surface area contributed by atoms with E-state index in [1.54, 1.807) is 55.6 Å². The van der Waals surface area contributed by atoms with E-state index in [4.69, 9.17) is 6.42 Å². The molecule has 0 bridgehead atoms. The number of hydrogen-bond donors (Lipinski definition) is 3. The number of alkyl halides is 3. The molecule has 0 saturated carbocycles. The molecule has 198 valence electrons. The summed E-state index contributed by atoms with van der Waals surface area (Å²) in [5.74, 6) is 2.11. The summed E-state index contributed by atoms with van der Waals surface area (Å²) >= 11 is 0. The Balaban J connectivity index is 1.60. The van der Waals surface area contributed by atoms with E-state index in [-0.39, 0.29) is 23.5 Å². The Morgan fingerprint density at radius 3 is 2.36 bits per heavy atom. The lowest BCUT2D eigenvalue weighted by molar-refractivity contribution is -0.137. The number of nitrogens with zero attached hydrogens (tertiary/aromatic N) is 2. The minimum Gasteiger partial charge on any atom is -0.374 e. The highest BCUT2D eigenvalue weighted by molar-refractivity contribution is 6.14. The van der Waals surface area contributed by atoms with Gasteiger partial charge in [0, 0.05) is 11.3 Å². The van der Waals surface area contributed by atoms with Gasteiger partial charge in [0.25, 0.3) is 5.91 Å². The van der Waals surface area contributed by atoms with Crippen molar-refractivity contribution < 1.29 is 27.9 Å². The number of anilines is 2. The average Bonchev–Trinajstić information content (AvgIpc) is 3.28. The number of carbonyl (C=O) groups is 2. The lowest BCUT2D eigenvalue weighted by atomic mass is 9.94. The van der Waals surface area contributed by atoms with E-state index in [1.165, 1.54) is 17.0 Å². The number of amides is 3. The Bertz CT molecular complexity index is 1510. The third kappa shape index (κ3) is 4.74. The molecule has 0 radical (unpaired) electrons. The number of hydrogen-bond acceptors (Lipinski definition) is 4. The number of aliphatic hydroxyl groups is 1. The SMILES string of the molecule is C#Cc1ccc([C@H]2NC(=O)N(c3cccc(C(F)(F)F)c3)C3=C2C(=O)N(c2ccc(C(O)NC)cc2)C3)cc1. The molecule has 3 aromatic carbocycles. The lowest BCUT2D eigenvalue weighted by Crippen LogP contribution is -2.47. The number of carbonyl (C=O) groups excluding carboxylic acids is 2. The molecule has 7 nitrogen and oxygen atoms in total. The highest BCUT2D eigenvalue weighted by Gasteiger charge is 2.45. The Morgan fingerprint density at radius 1 is 1.05 bits per heavy atom. The first-order valence-corrected chi connectivity index (χ1v) is 12.0. The molecule has 2 aliphatic rings. The van der Waals surface area contributed by atoms with Crippen LogP contribution in [0.25, 0.3) is 0 Å². The molecule has 5 rings (SSSR count). The van der Waals surface area contributed by atoms with Crippen molar-refractivity contribution in [3.63, 3.8) is 0 Å². The first-order chi connectivity index (χ1) is 18.6. The summed E-state index contributed by atoms with van der Waals surface area (Å²) in [6, 6.07) is 16.3. The van der Waals surface area contributed by atoms with Gasteiger partial charge in [0.1, 0.15) is 6.23 Å². The van der Waals surface area contributed by atoms with E-state index in [1.807, 2.05) is 0 Å². The summed E-state index contributed by atoms with van der Waals surface area (Å²) in [6.45, 7) is -0.0509. The minimum atomic E-state index is -4.61. The second-order valence-electron chi connectivity index (χ2n) is 9.07. The molecule has 3 aromatic rings. The van der Waals surface area contributed by atoms with E-state index in [2.05, 4.69) is 16.6 Å². The average molecular weight is 533 g/mol. The van der Waals surface area contributed by atoms with Gasteiger partial charge in [0.05, 0.1) is 35.1 Å². The smallest absolute Gasteiger partial charge is 0.374 e. The number of aliphatic hydroxyl groups excluding tert-OH is 1. The van der Waals surface area contributed by atoms with Gasteiger partial charge in [-0.05, 0) is 60.6 Å². The summed E-state index contributed by atoms with van der Waals surface area (Å²) in [7, 11) is 1.60. The number of terminal acetylenes is 1. The van der Waals surface area contributed by atoms with Gasteiger partial charge in [0.15, 0.2) is 0 Å². The fraction of sp³-hybridized carbons (Fsp3) is 0.172. The number of benzene rings is 3. The number of urea groups is 1. The minimum absolute atomic E-state index is 0.0157. The number of halogens is 3. The normalized spacial score (nSPS) is 18.1. The van der Waals surface area contributed by atoms with Crippen molar-refractivity contribution in [1.29, 1.82) is 0 Å². The third-order valence-corrected chi connectivity index (χ3v) is 6.76. The molecular weight excluding hydrogens is 509 g/mol. The van der Waals surface area contributed by atoms with Crippen LogP contribution >= 0.6 is 0 Å². The molecule has 2 atom stereocenters. The Labute approximate surface area is 222 Å². The maximum absolute atomic E-state index is 13.8. The summed E-state index contributed by atoms with van der Waals surface area (Å²) in [4.78, 5) is 29.8. The highest BCUT2D eigenvalue weighted by Crippen LogP contribution is 2.41. The molecule has 3 amide bonds. The van der Waals surface area contributed by atoms with Crippen LogP contribution in [0.4, 0.5) is 29.3 Å². The summed E-state index contributed by atoms with van der Waals surface area (Å²) in [5.41, 5.74) is 1.87. The topological polar surface area (TPSA) is 84.9 Å². The quantitative estimate of drug-likeness (QED) is 0.335. The highest BCUT2D eigenvalue weighted by atomic mass is 19.4. The Kier molecular flexibility index (Phi) is 6.64. The van der Waals surface area contributed by atoms with Crippen molar-refractivity contribution in [3.05, 3.63) is 106 Å². The standard InChI is InChI=1S/C29H23F3N4O3/c1-3-17-7-9-18(10-8-17)25-24-23(16-35(27(24)38)21-13-11-19(12-14-21)26(37)33-2)36(28(39)34-25)22-6-4-5-20(15-22)29(30,31)32/h1,4-15,25-26,33,37H,16H2,2H3,(H,34,39)/t25-,26?/m1/s1. The second-order valence-corrected chi connectivity index (χ2v) is 9.07. The predicted octanol–water partition coefficient (Wildman–Crippen LogP) is 4.47. The van der Waals surface area contributed by atoms with E-state index >= 15 is 0 Å². The van der Waals surface area contributed by atoms with Crippen LogP contribution in [-0.2, 0) is 11.0 Å². The fourth-order valence-corrected chi connectivity index (χ4v) is 4.77. The van der Waals surface area contributed by atoms with Crippen LogP contribution in [0.15, 0.2) is 84.1 Å². The predicted molar refractivity (Wildman–Crippen MR) is 139 cm³/mol. The van der Waals surface area contributed by atoms with Crippen LogP contribution in [0.2, 0.25) is 0 Å². The van der Waals surface area contributed by atoms with E-state index < -0.39 is 35.9 Å². The van der Waals surface area contributed by atoms with Crippen molar-refractivity contribution in [2.75, 3.05) is 23.4 Å². The maximum Gasteiger partial charge on any atom is 0.416 e. The molecule has 0 spiro atoms. The first-order valence-electron chi connectivity index (χ1n) is 12.0. The molecule has 0 fully saturated rings. The molecule has 0 saturated heterocycles. The molecule has 3 N–H and O–H groups in total. The van der Waals surface area contributed by atoms with E-state index in [9.17, 15) is 27.9 Å². The maximum atomic E-state index is 13.8. The van der Waals surface area contributed by atoms with Crippen LogP contribution in [-0.4, -0.2) is 30.6 Å². The van der Waals surface area contributed by atoms with Gasteiger partial charge in [-0.2, -0.15) is 13.2 Å². The number of nitrogens with one attached hydrogen (secondary N) is 2. The van der Waals surface area contributed by atoms with Crippen LogP contribution in [0, 0.1) is 12.3 Å². The van der Waals surface area contributed by atoms with Crippen LogP contribution in [0.3, 0.4) is 0 Å². The molecule has 0 aromatic heterocycles. The van der Waals surface area contributed by atoms with Crippen molar-refractivity contribution in [1.82, 2.24) is 10.6 Å².